The standard InChI is InChI=1S/C18H15Cl2NO4/c1-2-16(23)21-12-8-6-11(7-9-12)15(22)10-25-18(24)17-13(19)4-3-5-14(17)20/h3-9H,2,10H2,1H3,(H,21,23). The Morgan fingerprint density at radius 1 is 1.00 bits per heavy atom. The summed E-state index contributed by atoms with van der Waals surface area (Å²) in [5.74, 6) is -1.27. The summed E-state index contributed by atoms with van der Waals surface area (Å²) in [7, 11) is 0. The molecule has 0 aliphatic heterocycles. The van der Waals surface area contributed by atoms with Crippen LogP contribution >= 0.6 is 23.2 Å². The number of hydrogen-bond acceptors (Lipinski definition) is 4. The van der Waals surface area contributed by atoms with Crippen molar-refractivity contribution < 1.29 is 19.1 Å². The number of halogens is 2. The van der Waals surface area contributed by atoms with Crippen LogP contribution in [-0.4, -0.2) is 24.3 Å². The van der Waals surface area contributed by atoms with Crippen molar-refractivity contribution in [3.05, 3.63) is 63.6 Å². The van der Waals surface area contributed by atoms with Gasteiger partial charge in [0.25, 0.3) is 0 Å². The number of benzene rings is 2. The topological polar surface area (TPSA) is 72.5 Å². The number of Topliss-reactive ketones (excluding diaryl/α,β-unsaturated/α-hetero) is 1. The third-order valence-electron chi connectivity index (χ3n) is 3.31. The lowest BCUT2D eigenvalue weighted by Gasteiger charge is -2.08. The van der Waals surface area contributed by atoms with Gasteiger partial charge in [-0.1, -0.05) is 36.2 Å². The summed E-state index contributed by atoms with van der Waals surface area (Å²) in [6, 6.07) is 10.9. The first-order valence-electron chi connectivity index (χ1n) is 7.46. The minimum absolute atomic E-state index is 0.0243. The normalized spacial score (nSPS) is 10.2. The third-order valence-corrected chi connectivity index (χ3v) is 3.94. The smallest absolute Gasteiger partial charge is 0.341 e. The molecule has 0 fully saturated rings. The molecule has 0 bridgehead atoms. The number of ketones is 1. The number of rotatable bonds is 6. The first kappa shape index (κ1) is 19.0. The molecule has 0 spiro atoms. The van der Waals surface area contributed by atoms with Crippen LogP contribution in [0.15, 0.2) is 42.5 Å². The van der Waals surface area contributed by atoms with Crippen molar-refractivity contribution >= 4 is 46.5 Å². The molecule has 2 aromatic rings. The van der Waals surface area contributed by atoms with Crippen LogP contribution in [0.25, 0.3) is 0 Å². The van der Waals surface area contributed by atoms with E-state index < -0.39 is 12.6 Å². The lowest BCUT2D eigenvalue weighted by molar-refractivity contribution is -0.115. The minimum Gasteiger partial charge on any atom is -0.454 e. The van der Waals surface area contributed by atoms with Gasteiger partial charge in [-0.15, -0.1) is 0 Å². The molecule has 130 valence electrons. The van der Waals surface area contributed by atoms with Crippen molar-refractivity contribution in [2.24, 2.45) is 0 Å². The van der Waals surface area contributed by atoms with E-state index in [4.69, 9.17) is 27.9 Å². The van der Waals surface area contributed by atoms with Crippen molar-refractivity contribution in [2.75, 3.05) is 11.9 Å². The van der Waals surface area contributed by atoms with Crippen LogP contribution in [0.2, 0.25) is 10.0 Å². The van der Waals surface area contributed by atoms with Crippen LogP contribution in [0.1, 0.15) is 34.1 Å². The van der Waals surface area contributed by atoms with Gasteiger partial charge in [0, 0.05) is 17.7 Å². The summed E-state index contributed by atoms with van der Waals surface area (Å²) in [6.07, 6.45) is 0.362. The molecule has 0 saturated heterocycles. The SMILES string of the molecule is CCC(=O)Nc1ccc(C(=O)COC(=O)c2c(Cl)cccc2Cl)cc1. The Balaban J connectivity index is 1.98. The molecule has 1 N–H and O–H groups in total. The molecule has 0 heterocycles. The van der Waals surface area contributed by atoms with Gasteiger partial charge in [-0.25, -0.2) is 4.79 Å². The van der Waals surface area contributed by atoms with Crippen LogP contribution in [0, 0.1) is 0 Å². The molecule has 0 radical (unpaired) electrons. The van der Waals surface area contributed by atoms with Gasteiger partial charge < -0.3 is 10.1 Å². The average Bonchev–Trinajstić information content (AvgIpc) is 2.60. The molecule has 0 saturated carbocycles. The van der Waals surface area contributed by atoms with Gasteiger partial charge in [-0.2, -0.15) is 0 Å². The summed E-state index contributed by atoms with van der Waals surface area (Å²) in [5.41, 5.74) is 0.965. The van der Waals surface area contributed by atoms with Crippen molar-refractivity contribution in [1.29, 1.82) is 0 Å². The number of nitrogens with one attached hydrogen (secondary N) is 1. The number of ether oxygens (including phenoxy) is 1. The van der Waals surface area contributed by atoms with E-state index in [2.05, 4.69) is 5.32 Å². The van der Waals surface area contributed by atoms with E-state index in [-0.39, 0.29) is 27.3 Å². The van der Waals surface area contributed by atoms with E-state index in [9.17, 15) is 14.4 Å². The Hall–Kier alpha value is -2.37. The molecule has 0 unspecified atom stereocenters. The Morgan fingerprint density at radius 3 is 2.16 bits per heavy atom. The van der Waals surface area contributed by atoms with E-state index in [1.807, 2.05) is 0 Å². The predicted octanol–water partition coefficient (Wildman–Crippen LogP) is 4.38. The van der Waals surface area contributed by atoms with Crippen LogP contribution < -0.4 is 5.32 Å². The van der Waals surface area contributed by atoms with Gasteiger partial charge in [-0.05, 0) is 36.4 Å². The van der Waals surface area contributed by atoms with Gasteiger partial charge >= 0.3 is 5.97 Å². The molecule has 0 aliphatic rings. The number of carbonyl (C=O) groups excluding carboxylic acids is 3. The molecule has 7 heteroatoms. The van der Waals surface area contributed by atoms with Crippen molar-refractivity contribution in [3.8, 4) is 0 Å². The Kier molecular flexibility index (Phi) is 6.56. The highest BCUT2D eigenvalue weighted by molar-refractivity contribution is 6.39. The molecule has 1 amide bonds. The van der Waals surface area contributed by atoms with E-state index in [1.54, 1.807) is 37.3 Å². The molecule has 2 rings (SSSR count). The molecule has 2 aromatic carbocycles. The van der Waals surface area contributed by atoms with Gasteiger partial charge in [0.05, 0.1) is 15.6 Å². The van der Waals surface area contributed by atoms with E-state index in [0.29, 0.717) is 17.7 Å². The molecule has 0 aliphatic carbocycles. The van der Waals surface area contributed by atoms with Crippen LogP contribution in [0.5, 0.6) is 0 Å². The Bertz CT molecular complexity index is 783. The second kappa shape index (κ2) is 8.65. The highest BCUT2D eigenvalue weighted by Gasteiger charge is 2.17. The second-order valence-electron chi connectivity index (χ2n) is 5.08. The van der Waals surface area contributed by atoms with Gasteiger partial charge in [0.15, 0.2) is 12.4 Å². The monoisotopic (exact) mass is 379 g/mol. The Labute approximate surface area is 154 Å². The fraction of sp³-hybridized carbons (Fsp3) is 0.167. The van der Waals surface area contributed by atoms with Crippen LogP contribution in [-0.2, 0) is 9.53 Å². The molecule has 25 heavy (non-hydrogen) atoms. The second-order valence-corrected chi connectivity index (χ2v) is 5.89. The zero-order valence-corrected chi connectivity index (χ0v) is 14.9. The quantitative estimate of drug-likeness (QED) is 0.596. The number of esters is 1. The molecule has 0 atom stereocenters. The van der Waals surface area contributed by atoms with Crippen molar-refractivity contribution in [2.45, 2.75) is 13.3 Å². The number of hydrogen-bond donors (Lipinski definition) is 1. The average molecular weight is 380 g/mol. The Morgan fingerprint density at radius 2 is 1.60 bits per heavy atom. The number of amides is 1. The highest BCUT2D eigenvalue weighted by atomic mass is 35.5. The van der Waals surface area contributed by atoms with E-state index in [0.717, 1.165) is 0 Å². The maximum Gasteiger partial charge on any atom is 0.341 e. The molecular formula is C18H15Cl2NO4. The zero-order valence-electron chi connectivity index (χ0n) is 13.3. The highest BCUT2D eigenvalue weighted by Crippen LogP contribution is 2.25. The van der Waals surface area contributed by atoms with Crippen molar-refractivity contribution in [3.63, 3.8) is 0 Å². The lowest BCUT2D eigenvalue weighted by Crippen LogP contribution is -2.15. The summed E-state index contributed by atoms with van der Waals surface area (Å²) in [4.78, 5) is 35.5. The van der Waals surface area contributed by atoms with Gasteiger partial charge in [0.2, 0.25) is 5.91 Å². The van der Waals surface area contributed by atoms with Crippen molar-refractivity contribution in [1.82, 2.24) is 0 Å². The maximum absolute atomic E-state index is 12.1. The predicted molar refractivity (Wildman–Crippen MR) is 96.4 cm³/mol. The fourth-order valence-corrected chi connectivity index (χ4v) is 2.52. The largest absolute Gasteiger partial charge is 0.454 e. The lowest BCUT2D eigenvalue weighted by atomic mass is 10.1. The van der Waals surface area contributed by atoms with Gasteiger partial charge in [-0.3, -0.25) is 9.59 Å². The number of carbonyl (C=O) groups is 3. The van der Waals surface area contributed by atoms with E-state index in [1.165, 1.54) is 12.1 Å². The summed E-state index contributed by atoms with van der Waals surface area (Å²) in [6.45, 7) is 1.30. The minimum atomic E-state index is -0.768. The first-order valence-corrected chi connectivity index (χ1v) is 8.22. The van der Waals surface area contributed by atoms with Crippen LogP contribution in [0.4, 0.5) is 5.69 Å². The first-order chi connectivity index (χ1) is 11.9. The van der Waals surface area contributed by atoms with Gasteiger partial charge in [0.1, 0.15) is 0 Å². The third kappa shape index (κ3) is 5.05. The fourth-order valence-electron chi connectivity index (χ4n) is 1.97. The zero-order chi connectivity index (χ0) is 18.4. The molecular weight excluding hydrogens is 365 g/mol. The molecule has 0 aromatic heterocycles. The summed E-state index contributed by atoms with van der Waals surface area (Å²) in [5, 5.41) is 2.98. The number of anilines is 1. The van der Waals surface area contributed by atoms with Crippen LogP contribution in [0.3, 0.4) is 0 Å². The summed E-state index contributed by atoms with van der Waals surface area (Å²) >= 11 is 11.8. The maximum atomic E-state index is 12.1. The molecule has 5 nitrogen and oxygen atoms in total. The van der Waals surface area contributed by atoms with E-state index >= 15 is 0 Å². The summed E-state index contributed by atoms with van der Waals surface area (Å²) < 4.78 is 4.99.